The van der Waals surface area contributed by atoms with Gasteiger partial charge in [0.2, 0.25) is 5.91 Å². The van der Waals surface area contributed by atoms with Crippen molar-refractivity contribution >= 4 is 11.9 Å². The standard InChI is InChI=1S/C14H19NO3/c1-10(9-14(17)18)8-13(16)15-11(2)12-6-4-3-5-7-12/h3-7,10-11H,8-9H2,1-2H3,(H,15,16)(H,17,18). The highest BCUT2D eigenvalue weighted by atomic mass is 16.4. The smallest absolute Gasteiger partial charge is 0.303 e. The number of carboxylic acid groups (broad SMARTS) is 1. The van der Waals surface area contributed by atoms with Gasteiger partial charge in [0, 0.05) is 12.8 Å². The zero-order chi connectivity index (χ0) is 13.5. The lowest BCUT2D eigenvalue weighted by atomic mass is 10.0. The number of amides is 1. The lowest BCUT2D eigenvalue weighted by molar-refractivity contribution is -0.138. The van der Waals surface area contributed by atoms with Gasteiger partial charge in [0.15, 0.2) is 0 Å². The summed E-state index contributed by atoms with van der Waals surface area (Å²) in [6, 6.07) is 9.61. The van der Waals surface area contributed by atoms with Gasteiger partial charge in [0.1, 0.15) is 0 Å². The van der Waals surface area contributed by atoms with Crippen molar-refractivity contribution in [2.24, 2.45) is 5.92 Å². The predicted octanol–water partition coefficient (Wildman–Crippen LogP) is 2.36. The second kappa shape index (κ2) is 6.79. The van der Waals surface area contributed by atoms with Crippen LogP contribution >= 0.6 is 0 Å². The number of carboxylic acids is 1. The quantitative estimate of drug-likeness (QED) is 0.813. The Morgan fingerprint density at radius 2 is 1.78 bits per heavy atom. The second-order valence-corrected chi connectivity index (χ2v) is 4.61. The maximum Gasteiger partial charge on any atom is 0.303 e. The van der Waals surface area contributed by atoms with E-state index in [1.165, 1.54) is 0 Å². The van der Waals surface area contributed by atoms with Crippen molar-refractivity contribution < 1.29 is 14.7 Å². The van der Waals surface area contributed by atoms with Crippen molar-refractivity contribution in [1.82, 2.24) is 5.32 Å². The summed E-state index contributed by atoms with van der Waals surface area (Å²) >= 11 is 0. The van der Waals surface area contributed by atoms with Gasteiger partial charge in [0.25, 0.3) is 0 Å². The average Bonchev–Trinajstić information content (AvgIpc) is 2.28. The van der Waals surface area contributed by atoms with Crippen molar-refractivity contribution in [2.45, 2.75) is 32.7 Å². The van der Waals surface area contributed by atoms with Crippen molar-refractivity contribution in [3.05, 3.63) is 35.9 Å². The molecular weight excluding hydrogens is 230 g/mol. The summed E-state index contributed by atoms with van der Waals surface area (Å²) in [5.41, 5.74) is 1.04. The molecule has 0 saturated heterocycles. The molecule has 0 aliphatic rings. The van der Waals surface area contributed by atoms with Crippen LogP contribution in [-0.4, -0.2) is 17.0 Å². The molecule has 1 aromatic carbocycles. The van der Waals surface area contributed by atoms with Gasteiger partial charge in [-0.2, -0.15) is 0 Å². The van der Waals surface area contributed by atoms with Crippen LogP contribution in [0.25, 0.3) is 0 Å². The minimum Gasteiger partial charge on any atom is -0.481 e. The highest BCUT2D eigenvalue weighted by molar-refractivity contribution is 5.77. The maximum atomic E-state index is 11.7. The number of aliphatic carboxylic acids is 1. The fourth-order valence-corrected chi connectivity index (χ4v) is 1.81. The van der Waals surface area contributed by atoms with Gasteiger partial charge in [0.05, 0.1) is 6.04 Å². The summed E-state index contributed by atoms with van der Waals surface area (Å²) in [6.45, 7) is 3.68. The molecule has 4 heteroatoms. The van der Waals surface area contributed by atoms with Crippen molar-refractivity contribution in [3.63, 3.8) is 0 Å². The van der Waals surface area contributed by atoms with E-state index in [4.69, 9.17) is 5.11 Å². The first-order valence-corrected chi connectivity index (χ1v) is 6.05. The summed E-state index contributed by atoms with van der Waals surface area (Å²) in [5.74, 6) is -1.13. The van der Waals surface area contributed by atoms with E-state index in [2.05, 4.69) is 5.32 Å². The lowest BCUT2D eigenvalue weighted by Crippen LogP contribution is -2.28. The van der Waals surface area contributed by atoms with Gasteiger partial charge in [-0.05, 0) is 18.4 Å². The molecule has 1 amide bonds. The Morgan fingerprint density at radius 3 is 2.33 bits per heavy atom. The van der Waals surface area contributed by atoms with E-state index < -0.39 is 5.97 Å². The first kappa shape index (κ1) is 14.2. The van der Waals surface area contributed by atoms with Crippen LogP contribution in [0.5, 0.6) is 0 Å². The number of carbonyl (C=O) groups excluding carboxylic acids is 1. The fraction of sp³-hybridized carbons (Fsp3) is 0.429. The molecule has 0 aromatic heterocycles. The molecule has 0 radical (unpaired) electrons. The number of hydrogen-bond acceptors (Lipinski definition) is 2. The Morgan fingerprint density at radius 1 is 1.17 bits per heavy atom. The minimum absolute atomic E-state index is 0.0210. The molecule has 18 heavy (non-hydrogen) atoms. The van der Waals surface area contributed by atoms with E-state index in [-0.39, 0.29) is 30.7 Å². The van der Waals surface area contributed by atoms with Gasteiger partial charge in [-0.3, -0.25) is 9.59 Å². The molecule has 2 atom stereocenters. The molecule has 0 aliphatic carbocycles. The molecular formula is C14H19NO3. The molecule has 0 aliphatic heterocycles. The Balaban J connectivity index is 2.43. The van der Waals surface area contributed by atoms with Crippen LogP contribution < -0.4 is 5.32 Å². The topological polar surface area (TPSA) is 66.4 Å². The molecule has 0 saturated carbocycles. The largest absolute Gasteiger partial charge is 0.481 e. The average molecular weight is 249 g/mol. The number of rotatable bonds is 6. The van der Waals surface area contributed by atoms with Crippen molar-refractivity contribution in [2.75, 3.05) is 0 Å². The molecule has 1 aromatic rings. The third-order valence-electron chi connectivity index (χ3n) is 2.73. The zero-order valence-corrected chi connectivity index (χ0v) is 10.7. The second-order valence-electron chi connectivity index (χ2n) is 4.61. The SMILES string of the molecule is CC(CC(=O)O)CC(=O)NC(C)c1ccccc1. The zero-order valence-electron chi connectivity index (χ0n) is 10.7. The van der Waals surface area contributed by atoms with E-state index in [9.17, 15) is 9.59 Å². The van der Waals surface area contributed by atoms with Crippen LogP contribution in [0.2, 0.25) is 0 Å². The summed E-state index contributed by atoms with van der Waals surface area (Å²) in [5, 5.41) is 11.5. The maximum absolute atomic E-state index is 11.7. The van der Waals surface area contributed by atoms with Gasteiger partial charge >= 0.3 is 5.97 Å². The van der Waals surface area contributed by atoms with Crippen LogP contribution in [0.3, 0.4) is 0 Å². The molecule has 0 bridgehead atoms. The van der Waals surface area contributed by atoms with Crippen molar-refractivity contribution in [3.8, 4) is 0 Å². The molecule has 0 fully saturated rings. The van der Waals surface area contributed by atoms with Crippen LogP contribution in [-0.2, 0) is 9.59 Å². The van der Waals surface area contributed by atoms with Gasteiger partial charge in [-0.1, -0.05) is 37.3 Å². The van der Waals surface area contributed by atoms with Gasteiger partial charge in [-0.15, -0.1) is 0 Å². The fourth-order valence-electron chi connectivity index (χ4n) is 1.81. The van der Waals surface area contributed by atoms with E-state index in [1.807, 2.05) is 37.3 Å². The van der Waals surface area contributed by atoms with Gasteiger partial charge < -0.3 is 10.4 Å². The summed E-state index contributed by atoms with van der Waals surface area (Å²) in [7, 11) is 0. The molecule has 98 valence electrons. The van der Waals surface area contributed by atoms with Crippen LogP contribution in [0.1, 0.15) is 38.3 Å². The van der Waals surface area contributed by atoms with E-state index >= 15 is 0 Å². The molecule has 0 spiro atoms. The van der Waals surface area contributed by atoms with Crippen LogP contribution in [0.4, 0.5) is 0 Å². The molecule has 4 nitrogen and oxygen atoms in total. The third kappa shape index (κ3) is 4.99. The molecule has 2 unspecified atom stereocenters. The van der Waals surface area contributed by atoms with E-state index in [0.29, 0.717) is 0 Å². The third-order valence-corrected chi connectivity index (χ3v) is 2.73. The summed E-state index contributed by atoms with van der Waals surface area (Å²) in [4.78, 5) is 22.2. The lowest BCUT2D eigenvalue weighted by Gasteiger charge is -2.15. The number of hydrogen-bond donors (Lipinski definition) is 2. The van der Waals surface area contributed by atoms with Gasteiger partial charge in [-0.25, -0.2) is 0 Å². The first-order chi connectivity index (χ1) is 8.49. The Hall–Kier alpha value is -1.84. The highest BCUT2D eigenvalue weighted by Gasteiger charge is 2.14. The summed E-state index contributed by atoms with van der Waals surface area (Å²) < 4.78 is 0. The van der Waals surface area contributed by atoms with Crippen molar-refractivity contribution in [1.29, 1.82) is 0 Å². The van der Waals surface area contributed by atoms with Crippen LogP contribution in [0, 0.1) is 5.92 Å². The highest BCUT2D eigenvalue weighted by Crippen LogP contribution is 2.13. The normalized spacial score (nSPS) is 13.7. The Kier molecular flexibility index (Phi) is 5.36. The first-order valence-electron chi connectivity index (χ1n) is 6.05. The Labute approximate surface area is 107 Å². The molecule has 2 N–H and O–H groups in total. The number of benzene rings is 1. The molecule has 0 heterocycles. The number of nitrogens with one attached hydrogen (secondary N) is 1. The minimum atomic E-state index is -0.869. The van der Waals surface area contributed by atoms with Crippen LogP contribution in [0.15, 0.2) is 30.3 Å². The van der Waals surface area contributed by atoms with E-state index in [0.717, 1.165) is 5.56 Å². The predicted molar refractivity (Wildman–Crippen MR) is 69.0 cm³/mol. The molecule has 1 rings (SSSR count). The van der Waals surface area contributed by atoms with E-state index in [1.54, 1.807) is 6.92 Å². The number of carbonyl (C=O) groups is 2. The Bertz CT molecular complexity index is 403. The monoisotopic (exact) mass is 249 g/mol. The summed E-state index contributed by atoms with van der Waals surface area (Å²) in [6.07, 6.45) is 0.261.